The van der Waals surface area contributed by atoms with E-state index in [4.69, 9.17) is 10.5 Å². The van der Waals surface area contributed by atoms with E-state index in [2.05, 4.69) is 10.2 Å². The fourth-order valence-electron chi connectivity index (χ4n) is 2.12. The summed E-state index contributed by atoms with van der Waals surface area (Å²) in [4.78, 5) is 2.12. The molecule has 114 valence electrons. The second kappa shape index (κ2) is 7.08. The Bertz CT molecular complexity index is 709. The Hall–Kier alpha value is -2.35. The average Bonchev–Trinajstić information content (AvgIpc) is 2.52. The van der Waals surface area contributed by atoms with Crippen molar-refractivity contribution in [3.05, 3.63) is 41.6 Å². The van der Waals surface area contributed by atoms with Gasteiger partial charge in [-0.05, 0) is 17.7 Å². The van der Waals surface area contributed by atoms with E-state index >= 15 is 0 Å². The molecular weight excluding hydrogens is 300 g/mol. The predicted molar refractivity (Wildman–Crippen MR) is 83.3 cm³/mol. The van der Waals surface area contributed by atoms with E-state index in [1.807, 2.05) is 24.3 Å². The lowest BCUT2D eigenvalue weighted by atomic mass is 10.2. The molecule has 1 N–H and O–H groups in total. The van der Waals surface area contributed by atoms with Crippen LogP contribution in [0.2, 0.25) is 0 Å². The van der Waals surface area contributed by atoms with Crippen LogP contribution in [-0.2, 0) is 16.4 Å². The minimum absolute atomic E-state index is 0.0126. The van der Waals surface area contributed by atoms with Crippen molar-refractivity contribution in [2.75, 3.05) is 29.9 Å². The van der Waals surface area contributed by atoms with Gasteiger partial charge < -0.3 is 5.32 Å². The highest BCUT2D eigenvalue weighted by molar-refractivity contribution is 7.91. The second-order valence-electron chi connectivity index (χ2n) is 5.05. The fraction of sp³-hybridized carbons (Fsp3) is 0.333. The van der Waals surface area contributed by atoms with Crippen LogP contribution in [0.4, 0.5) is 5.69 Å². The highest BCUT2D eigenvalue weighted by Crippen LogP contribution is 2.13. The maximum atomic E-state index is 11.4. The first kappa shape index (κ1) is 16.0. The molecule has 0 bridgehead atoms. The van der Waals surface area contributed by atoms with Crippen LogP contribution < -0.4 is 5.32 Å². The molecule has 0 aliphatic carbocycles. The average molecular weight is 316 g/mol. The molecule has 2 rings (SSSR count). The van der Waals surface area contributed by atoms with E-state index in [1.54, 1.807) is 12.1 Å². The van der Waals surface area contributed by atoms with Gasteiger partial charge in [0.1, 0.15) is 17.7 Å². The summed E-state index contributed by atoms with van der Waals surface area (Å²) >= 11 is 0. The van der Waals surface area contributed by atoms with E-state index in [0.29, 0.717) is 19.6 Å². The lowest BCUT2D eigenvalue weighted by Gasteiger charge is -2.26. The van der Waals surface area contributed by atoms with Crippen molar-refractivity contribution in [2.24, 2.45) is 0 Å². The number of hydrogen-bond acceptors (Lipinski definition) is 6. The highest BCUT2D eigenvalue weighted by Gasteiger charge is 2.21. The lowest BCUT2D eigenvalue weighted by molar-refractivity contribution is 0.287. The number of nitriles is 2. The van der Waals surface area contributed by atoms with E-state index in [0.717, 1.165) is 11.3 Å². The number of benzene rings is 1. The maximum Gasteiger partial charge on any atom is 0.152 e. The van der Waals surface area contributed by atoms with Crippen LogP contribution in [0.5, 0.6) is 0 Å². The molecule has 0 aromatic heterocycles. The molecule has 0 atom stereocenters. The summed E-state index contributed by atoms with van der Waals surface area (Å²) in [5.41, 5.74) is 1.89. The van der Waals surface area contributed by atoms with Crippen molar-refractivity contribution in [3.8, 4) is 12.1 Å². The summed E-state index contributed by atoms with van der Waals surface area (Å²) in [6.45, 7) is 1.85. The number of nitrogens with one attached hydrogen (secondary N) is 1. The summed E-state index contributed by atoms with van der Waals surface area (Å²) in [6, 6.07) is 11.2. The quantitative estimate of drug-likeness (QED) is 0.840. The molecule has 22 heavy (non-hydrogen) atoms. The first-order valence-electron chi connectivity index (χ1n) is 6.81. The van der Waals surface area contributed by atoms with Gasteiger partial charge in [-0.15, -0.1) is 0 Å². The second-order valence-corrected chi connectivity index (χ2v) is 7.35. The Kier molecular flexibility index (Phi) is 5.16. The minimum Gasteiger partial charge on any atom is -0.360 e. The monoisotopic (exact) mass is 316 g/mol. The molecule has 6 nitrogen and oxygen atoms in total. The summed E-state index contributed by atoms with van der Waals surface area (Å²) < 4.78 is 22.8. The van der Waals surface area contributed by atoms with Crippen LogP contribution in [0.15, 0.2) is 36.0 Å². The number of allylic oxidation sites excluding steroid dienone is 1. The maximum absolute atomic E-state index is 11.4. The van der Waals surface area contributed by atoms with Gasteiger partial charge in [0, 0.05) is 31.5 Å². The summed E-state index contributed by atoms with van der Waals surface area (Å²) in [5.74, 6) is 0.449. The van der Waals surface area contributed by atoms with Crippen LogP contribution in [0, 0.1) is 22.7 Å². The molecule has 7 heteroatoms. The van der Waals surface area contributed by atoms with Gasteiger partial charge >= 0.3 is 0 Å². The molecule has 0 spiro atoms. The van der Waals surface area contributed by atoms with Crippen molar-refractivity contribution in [1.29, 1.82) is 10.5 Å². The van der Waals surface area contributed by atoms with Crippen LogP contribution in [-0.4, -0.2) is 37.9 Å². The number of rotatable bonds is 4. The molecule has 0 radical (unpaired) electrons. The summed E-state index contributed by atoms with van der Waals surface area (Å²) in [6.07, 6.45) is 1.37. The van der Waals surface area contributed by atoms with Crippen LogP contribution in [0.25, 0.3) is 0 Å². The van der Waals surface area contributed by atoms with Gasteiger partial charge in [-0.1, -0.05) is 12.1 Å². The van der Waals surface area contributed by atoms with E-state index in [-0.39, 0.29) is 17.1 Å². The number of hydrogen-bond donors (Lipinski definition) is 1. The van der Waals surface area contributed by atoms with Crippen LogP contribution >= 0.6 is 0 Å². The molecule has 1 aromatic rings. The Labute approximate surface area is 130 Å². The first-order valence-corrected chi connectivity index (χ1v) is 8.63. The molecule has 1 heterocycles. The third-order valence-electron chi connectivity index (χ3n) is 3.42. The van der Waals surface area contributed by atoms with Gasteiger partial charge in [0.25, 0.3) is 0 Å². The van der Waals surface area contributed by atoms with Crippen molar-refractivity contribution in [2.45, 2.75) is 6.54 Å². The molecule has 1 fully saturated rings. The van der Waals surface area contributed by atoms with Crippen molar-refractivity contribution < 1.29 is 8.42 Å². The smallest absolute Gasteiger partial charge is 0.152 e. The van der Waals surface area contributed by atoms with Crippen molar-refractivity contribution in [3.63, 3.8) is 0 Å². The Morgan fingerprint density at radius 1 is 1.18 bits per heavy atom. The van der Waals surface area contributed by atoms with Crippen molar-refractivity contribution >= 4 is 15.5 Å². The Morgan fingerprint density at radius 2 is 1.77 bits per heavy atom. The molecule has 0 unspecified atom stereocenters. The minimum atomic E-state index is -2.85. The number of anilines is 1. The number of nitrogens with zero attached hydrogens (tertiary/aromatic N) is 3. The first-order chi connectivity index (χ1) is 10.5. The zero-order chi connectivity index (χ0) is 16.0. The summed E-state index contributed by atoms with van der Waals surface area (Å²) in [7, 11) is -2.85. The van der Waals surface area contributed by atoms with E-state index in [9.17, 15) is 8.42 Å². The van der Waals surface area contributed by atoms with E-state index < -0.39 is 9.84 Å². The SMILES string of the molecule is N#CC(C#N)=CNc1ccc(CN2CCS(=O)(=O)CC2)cc1. The van der Waals surface area contributed by atoms with Crippen molar-refractivity contribution in [1.82, 2.24) is 4.90 Å². The molecular formula is C15H16N4O2S. The van der Waals surface area contributed by atoms with Crippen LogP contribution in [0.1, 0.15) is 5.56 Å². The topological polar surface area (TPSA) is 97.0 Å². The summed E-state index contributed by atoms with van der Waals surface area (Å²) in [5, 5.41) is 20.2. The molecule has 1 aliphatic heterocycles. The Morgan fingerprint density at radius 3 is 2.32 bits per heavy atom. The van der Waals surface area contributed by atoms with Gasteiger partial charge in [0.15, 0.2) is 9.84 Å². The fourth-order valence-corrected chi connectivity index (χ4v) is 3.39. The normalized spacial score (nSPS) is 17.0. The molecule has 0 saturated carbocycles. The largest absolute Gasteiger partial charge is 0.360 e. The third kappa shape index (κ3) is 4.59. The molecule has 1 aromatic carbocycles. The van der Waals surface area contributed by atoms with Gasteiger partial charge in [-0.25, -0.2) is 8.42 Å². The zero-order valence-corrected chi connectivity index (χ0v) is 12.8. The lowest BCUT2D eigenvalue weighted by Crippen LogP contribution is -2.39. The molecule has 0 amide bonds. The highest BCUT2D eigenvalue weighted by atomic mass is 32.2. The zero-order valence-electron chi connectivity index (χ0n) is 12.0. The van der Waals surface area contributed by atoms with Gasteiger partial charge in [-0.2, -0.15) is 10.5 Å². The van der Waals surface area contributed by atoms with E-state index in [1.165, 1.54) is 6.20 Å². The predicted octanol–water partition coefficient (Wildman–Crippen LogP) is 1.26. The third-order valence-corrected chi connectivity index (χ3v) is 5.03. The molecule has 1 aliphatic rings. The molecule has 1 saturated heterocycles. The Balaban J connectivity index is 1.92. The van der Waals surface area contributed by atoms with Crippen LogP contribution in [0.3, 0.4) is 0 Å². The standard InChI is InChI=1S/C15H16N4O2S/c16-9-14(10-17)11-18-15-3-1-13(2-4-15)12-19-5-7-22(20,21)8-6-19/h1-4,11,18H,5-8,12H2. The van der Waals surface area contributed by atoms with Gasteiger partial charge in [0.2, 0.25) is 0 Å². The number of sulfone groups is 1. The van der Waals surface area contributed by atoms with Gasteiger partial charge in [0.05, 0.1) is 11.5 Å². The van der Waals surface area contributed by atoms with Gasteiger partial charge in [-0.3, -0.25) is 4.90 Å².